The topological polar surface area (TPSA) is 80.5 Å². The van der Waals surface area contributed by atoms with Gasteiger partial charge in [-0.05, 0) is 19.1 Å². The van der Waals surface area contributed by atoms with Gasteiger partial charge in [-0.2, -0.15) is 0 Å². The number of benzene rings is 1. The summed E-state index contributed by atoms with van der Waals surface area (Å²) >= 11 is 0. The van der Waals surface area contributed by atoms with Gasteiger partial charge in [0.15, 0.2) is 0 Å². The van der Waals surface area contributed by atoms with Crippen LogP contribution < -0.4 is 4.31 Å². The van der Waals surface area contributed by atoms with Crippen LogP contribution in [-0.2, 0) is 10.0 Å². The Hall–Kier alpha value is -1.63. The van der Waals surface area contributed by atoms with Crippen molar-refractivity contribution in [3.63, 3.8) is 0 Å². The van der Waals surface area contributed by atoms with Crippen molar-refractivity contribution in [1.29, 1.82) is 0 Å². The summed E-state index contributed by atoms with van der Waals surface area (Å²) in [4.78, 5) is 10.1. The van der Waals surface area contributed by atoms with Gasteiger partial charge in [0.05, 0.1) is 16.9 Å². The standard InChI is InChI=1S/C9H12N2O4S/c1-7-6-8(10(2)16(3,14)15)4-5-9(7)11(12)13/h4-6H,1-3H3. The molecule has 1 aromatic rings. The van der Waals surface area contributed by atoms with Crippen LogP contribution in [0.2, 0.25) is 0 Å². The molecule has 0 bridgehead atoms. The van der Waals surface area contributed by atoms with E-state index in [1.165, 1.54) is 25.2 Å². The number of nitro groups is 1. The van der Waals surface area contributed by atoms with Crippen molar-refractivity contribution in [3.05, 3.63) is 33.9 Å². The van der Waals surface area contributed by atoms with Gasteiger partial charge in [-0.15, -0.1) is 0 Å². The Balaban J connectivity index is 3.21. The van der Waals surface area contributed by atoms with E-state index >= 15 is 0 Å². The molecule has 88 valence electrons. The van der Waals surface area contributed by atoms with E-state index in [4.69, 9.17) is 0 Å². The molecular formula is C9H12N2O4S. The summed E-state index contributed by atoms with van der Waals surface area (Å²) in [5.41, 5.74) is 0.814. The molecule has 6 nitrogen and oxygen atoms in total. The summed E-state index contributed by atoms with van der Waals surface area (Å²) in [6.07, 6.45) is 1.07. The van der Waals surface area contributed by atoms with Crippen molar-refractivity contribution in [2.24, 2.45) is 0 Å². The summed E-state index contributed by atoms with van der Waals surface area (Å²) in [5, 5.41) is 10.6. The molecule has 0 aliphatic carbocycles. The fraction of sp³-hybridized carbons (Fsp3) is 0.333. The molecule has 16 heavy (non-hydrogen) atoms. The first-order chi connectivity index (χ1) is 7.23. The second kappa shape index (κ2) is 4.09. The number of hydrogen-bond donors (Lipinski definition) is 0. The first kappa shape index (κ1) is 12.4. The average Bonchev–Trinajstić information content (AvgIpc) is 2.14. The Labute approximate surface area is 93.7 Å². The van der Waals surface area contributed by atoms with Gasteiger partial charge in [-0.1, -0.05) is 0 Å². The molecule has 0 aliphatic rings. The number of sulfonamides is 1. The van der Waals surface area contributed by atoms with Crippen LogP contribution in [0.5, 0.6) is 0 Å². The van der Waals surface area contributed by atoms with Crippen molar-refractivity contribution >= 4 is 21.4 Å². The molecule has 1 rings (SSSR count). The van der Waals surface area contributed by atoms with Gasteiger partial charge >= 0.3 is 0 Å². The van der Waals surface area contributed by atoms with E-state index in [2.05, 4.69) is 0 Å². The molecule has 0 heterocycles. The molecule has 7 heteroatoms. The quantitative estimate of drug-likeness (QED) is 0.592. The largest absolute Gasteiger partial charge is 0.274 e. The van der Waals surface area contributed by atoms with Crippen LogP contribution in [0.3, 0.4) is 0 Å². The van der Waals surface area contributed by atoms with E-state index in [-0.39, 0.29) is 5.69 Å². The van der Waals surface area contributed by atoms with Gasteiger partial charge in [0.1, 0.15) is 0 Å². The summed E-state index contributed by atoms with van der Waals surface area (Å²) in [6, 6.07) is 4.18. The summed E-state index contributed by atoms with van der Waals surface area (Å²) in [6.45, 7) is 1.57. The van der Waals surface area contributed by atoms with E-state index < -0.39 is 14.9 Å². The van der Waals surface area contributed by atoms with Crippen LogP contribution in [0, 0.1) is 17.0 Å². The lowest BCUT2D eigenvalue weighted by Gasteiger charge is -2.16. The highest BCUT2D eigenvalue weighted by Crippen LogP contribution is 2.24. The SMILES string of the molecule is Cc1cc(N(C)S(C)(=O)=O)ccc1[N+](=O)[O-]. The zero-order valence-electron chi connectivity index (χ0n) is 9.17. The summed E-state index contributed by atoms with van der Waals surface area (Å²) in [5.74, 6) is 0. The zero-order chi connectivity index (χ0) is 12.5. The Morgan fingerprint density at radius 1 is 1.38 bits per heavy atom. The van der Waals surface area contributed by atoms with Crippen molar-refractivity contribution < 1.29 is 13.3 Å². The van der Waals surface area contributed by atoms with Crippen LogP contribution in [0.25, 0.3) is 0 Å². The van der Waals surface area contributed by atoms with E-state index in [9.17, 15) is 18.5 Å². The third kappa shape index (κ3) is 2.48. The first-order valence-electron chi connectivity index (χ1n) is 4.42. The molecule has 0 spiro atoms. The summed E-state index contributed by atoms with van der Waals surface area (Å²) < 4.78 is 23.6. The fourth-order valence-corrected chi connectivity index (χ4v) is 1.73. The van der Waals surface area contributed by atoms with E-state index in [1.807, 2.05) is 0 Å². The second-order valence-electron chi connectivity index (χ2n) is 3.46. The number of nitro benzene ring substituents is 1. The summed E-state index contributed by atoms with van der Waals surface area (Å²) in [7, 11) is -1.94. The lowest BCUT2D eigenvalue weighted by molar-refractivity contribution is -0.385. The lowest BCUT2D eigenvalue weighted by Crippen LogP contribution is -2.24. The molecule has 0 unspecified atom stereocenters. The zero-order valence-corrected chi connectivity index (χ0v) is 9.98. The number of nitrogens with zero attached hydrogens (tertiary/aromatic N) is 2. The fourth-order valence-electron chi connectivity index (χ4n) is 1.23. The third-order valence-electron chi connectivity index (χ3n) is 2.24. The highest BCUT2D eigenvalue weighted by Gasteiger charge is 2.16. The van der Waals surface area contributed by atoms with Gasteiger partial charge in [-0.3, -0.25) is 14.4 Å². The Bertz CT molecular complexity index is 524. The number of aryl methyl sites for hydroxylation is 1. The van der Waals surface area contributed by atoms with E-state index in [0.717, 1.165) is 10.6 Å². The number of hydrogen-bond acceptors (Lipinski definition) is 4. The third-order valence-corrected chi connectivity index (χ3v) is 3.44. The van der Waals surface area contributed by atoms with Crippen LogP contribution in [-0.4, -0.2) is 26.6 Å². The van der Waals surface area contributed by atoms with Gasteiger partial charge in [0.25, 0.3) is 5.69 Å². The van der Waals surface area contributed by atoms with Crippen LogP contribution in [0.1, 0.15) is 5.56 Å². The van der Waals surface area contributed by atoms with Crippen LogP contribution in [0.15, 0.2) is 18.2 Å². The molecular weight excluding hydrogens is 232 g/mol. The normalized spacial score (nSPS) is 11.2. The smallest absolute Gasteiger partial charge is 0.272 e. The van der Waals surface area contributed by atoms with Crippen LogP contribution in [0.4, 0.5) is 11.4 Å². The number of anilines is 1. The van der Waals surface area contributed by atoms with E-state index in [1.54, 1.807) is 6.92 Å². The monoisotopic (exact) mass is 244 g/mol. The molecule has 0 N–H and O–H groups in total. The molecule has 0 saturated heterocycles. The van der Waals surface area contributed by atoms with Crippen molar-refractivity contribution in [1.82, 2.24) is 0 Å². The Morgan fingerprint density at radius 3 is 2.31 bits per heavy atom. The van der Waals surface area contributed by atoms with Crippen molar-refractivity contribution in [2.45, 2.75) is 6.92 Å². The molecule has 0 aliphatic heterocycles. The van der Waals surface area contributed by atoms with Crippen molar-refractivity contribution in [2.75, 3.05) is 17.6 Å². The van der Waals surface area contributed by atoms with Gasteiger partial charge in [-0.25, -0.2) is 8.42 Å². The molecule has 1 aromatic carbocycles. The van der Waals surface area contributed by atoms with Crippen molar-refractivity contribution in [3.8, 4) is 0 Å². The lowest BCUT2D eigenvalue weighted by atomic mass is 10.2. The molecule has 0 aromatic heterocycles. The minimum atomic E-state index is -3.34. The van der Waals surface area contributed by atoms with Crippen LogP contribution >= 0.6 is 0 Å². The molecule has 0 fully saturated rings. The first-order valence-corrected chi connectivity index (χ1v) is 6.27. The Morgan fingerprint density at radius 2 is 1.94 bits per heavy atom. The maximum Gasteiger partial charge on any atom is 0.272 e. The molecule has 0 radical (unpaired) electrons. The maximum absolute atomic E-state index is 11.3. The average molecular weight is 244 g/mol. The predicted octanol–water partition coefficient (Wildman–Crippen LogP) is 1.30. The number of rotatable bonds is 3. The molecule has 0 atom stereocenters. The van der Waals surface area contributed by atoms with Gasteiger partial charge in [0.2, 0.25) is 10.0 Å². The Kier molecular flexibility index (Phi) is 3.18. The van der Waals surface area contributed by atoms with Gasteiger partial charge in [0, 0.05) is 18.7 Å². The molecule has 0 amide bonds. The minimum Gasteiger partial charge on any atom is -0.274 e. The van der Waals surface area contributed by atoms with E-state index in [0.29, 0.717) is 11.3 Å². The predicted molar refractivity (Wildman–Crippen MR) is 61.1 cm³/mol. The minimum absolute atomic E-state index is 0.0225. The molecule has 0 saturated carbocycles. The highest BCUT2D eigenvalue weighted by molar-refractivity contribution is 7.92. The second-order valence-corrected chi connectivity index (χ2v) is 5.47. The van der Waals surface area contributed by atoms with Gasteiger partial charge < -0.3 is 0 Å². The maximum atomic E-state index is 11.3. The highest BCUT2D eigenvalue weighted by atomic mass is 32.2.